The highest BCUT2D eigenvalue weighted by atomic mass is 19.1. The summed E-state index contributed by atoms with van der Waals surface area (Å²) in [4.78, 5) is 2.11. The van der Waals surface area contributed by atoms with E-state index in [9.17, 15) is 4.39 Å². The number of para-hydroxylation sites is 1. The van der Waals surface area contributed by atoms with Crippen LogP contribution in [0.15, 0.2) is 24.3 Å². The van der Waals surface area contributed by atoms with Crippen LogP contribution in [0.5, 0.6) is 0 Å². The molecule has 0 amide bonds. The van der Waals surface area contributed by atoms with E-state index in [1.54, 1.807) is 6.07 Å². The van der Waals surface area contributed by atoms with Crippen molar-refractivity contribution in [3.05, 3.63) is 30.1 Å². The number of anilines is 1. The van der Waals surface area contributed by atoms with Gasteiger partial charge in [-0.1, -0.05) is 19.1 Å². The summed E-state index contributed by atoms with van der Waals surface area (Å²) in [6.45, 7) is 4.94. The van der Waals surface area contributed by atoms with Crippen molar-refractivity contribution in [1.82, 2.24) is 5.32 Å². The average molecular weight is 208 g/mol. The summed E-state index contributed by atoms with van der Waals surface area (Å²) in [5.41, 5.74) is 0.734. The molecule has 1 heterocycles. The van der Waals surface area contributed by atoms with Gasteiger partial charge in [0.05, 0.1) is 5.69 Å². The molecular weight excluding hydrogens is 191 g/mol. The van der Waals surface area contributed by atoms with E-state index in [0.29, 0.717) is 6.04 Å². The van der Waals surface area contributed by atoms with E-state index in [4.69, 9.17) is 0 Å². The average Bonchev–Trinajstić information content (AvgIpc) is 2.68. The molecule has 1 aromatic carbocycles. The van der Waals surface area contributed by atoms with Gasteiger partial charge in [-0.3, -0.25) is 0 Å². The maximum absolute atomic E-state index is 13.5. The van der Waals surface area contributed by atoms with Crippen molar-refractivity contribution in [3.8, 4) is 0 Å². The lowest BCUT2D eigenvalue weighted by Gasteiger charge is -2.19. The van der Waals surface area contributed by atoms with Crippen LogP contribution in [-0.4, -0.2) is 25.7 Å². The lowest BCUT2D eigenvalue weighted by molar-refractivity contribution is 0.570. The summed E-state index contributed by atoms with van der Waals surface area (Å²) < 4.78 is 13.5. The number of nitrogens with zero attached hydrogens (tertiary/aromatic N) is 1. The number of rotatable bonds is 3. The minimum atomic E-state index is -0.116. The lowest BCUT2D eigenvalue weighted by atomic mass is 10.2. The highest BCUT2D eigenvalue weighted by molar-refractivity contribution is 5.48. The molecule has 15 heavy (non-hydrogen) atoms. The zero-order valence-electron chi connectivity index (χ0n) is 9.04. The first-order valence-corrected chi connectivity index (χ1v) is 5.54. The number of likely N-dealkylation sites (N-methyl/N-ethyl adjacent to an activating group) is 1. The second-order valence-electron chi connectivity index (χ2n) is 3.94. The molecular formula is C12H17FN2. The molecule has 0 aliphatic carbocycles. The van der Waals surface area contributed by atoms with Crippen LogP contribution in [0, 0.1) is 5.82 Å². The molecule has 1 N–H and O–H groups in total. The highest BCUT2D eigenvalue weighted by Crippen LogP contribution is 2.22. The van der Waals surface area contributed by atoms with Crippen molar-refractivity contribution in [1.29, 1.82) is 0 Å². The predicted octanol–water partition coefficient (Wildman–Crippen LogP) is 2.01. The van der Waals surface area contributed by atoms with Crippen molar-refractivity contribution < 1.29 is 4.39 Å². The van der Waals surface area contributed by atoms with Gasteiger partial charge in [-0.2, -0.15) is 0 Å². The van der Waals surface area contributed by atoms with Crippen molar-refractivity contribution in [2.75, 3.05) is 24.5 Å². The van der Waals surface area contributed by atoms with Gasteiger partial charge in [0.1, 0.15) is 5.82 Å². The normalized spacial score (nSPS) is 20.9. The third kappa shape index (κ3) is 2.29. The monoisotopic (exact) mass is 208 g/mol. The molecule has 1 aliphatic heterocycles. The van der Waals surface area contributed by atoms with Crippen LogP contribution in [0.25, 0.3) is 0 Å². The fourth-order valence-electron chi connectivity index (χ4n) is 2.14. The van der Waals surface area contributed by atoms with Gasteiger partial charge in [0, 0.05) is 19.1 Å². The van der Waals surface area contributed by atoms with Gasteiger partial charge in [-0.25, -0.2) is 4.39 Å². The molecule has 1 fully saturated rings. The quantitative estimate of drug-likeness (QED) is 0.817. The molecule has 82 valence electrons. The van der Waals surface area contributed by atoms with Gasteiger partial charge in [-0.05, 0) is 25.1 Å². The zero-order valence-corrected chi connectivity index (χ0v) is 9.04. The summed E-state index contributed by atoms with van der Waals surface area (Å²) in [5.74, 6) is -0.116. The maximum Gasteiger partial charge on any atom is 0.146 e. The van der Waals surface area contributed by atoms with Gasteiger partial charge in [0.15, 0.2) is 0 Å². The predicted molar refractivity (Wildman–Crippen MR) is 60.7 cm³/mol. The standard InChI is InChI=1S/C12H17FN2/c1-2-14-10-7-8-15(9-10)12-6-4-3-5-11(12)13/h3-6,10,14H,2,7-9H2,1H3. The fraction of sp³-hybridized carbons (Fsp3) is 0.500. The van der Waals surface area contributed by atoms with Crippen LogP contribution in [0.3, 0.4) is 0 Å². The first kappa shape index (κ1) is 10.4. The van der Waals surface area contributed by atoms with Crippen molar-refractivity contribution in [2.45, 2.75) is 19.4 Å². The van der Waals surface area contributed by atoms with Crippen LogP contribution < -0.4 is 10.2 Å². The minimum absolute atomic E-state index is 0.116. The highest BCUT2D eigenvalue weighted by Gasteiger charge is 2.23. The number of halogens is 1. The SMILES string of the molecule is CCNC1CCN(c2ccccc2F)C1. The van der Waals surface area contributed by atoms with Gasteiger partial charge >= 0.3 is 0 Å². The zero-order chi connectivity index (χ0) is 10.7. The van der Waals surface area contributed by atoms with E-state index in [1.165, 1.54) is 6.07 Å². The Kier molecular flexibility index (Phi) is 3.21. The van der Waals surface area contributed by atoms with Crippen LogP contribution >= 0.6 is 0 Å². The molecule has 1 saturated heterocycles. The summed E-state index contributed by atoms with van der Waals surface area (Å²) in [7, 11) is 0. The third-order valence-corrected chi connectivity index (χ3v) is 2.87. The van der Waals surface area contributed by atoms with E-state index in [1.807, 2.05) is 12.1 Å². The summed E-state index contributed by atoms with van der Waals surface area (Å²) >= 11 is 0. The largest absolute Gasteiger partial charge is 0.368 e. The molecule has 1 aromatic rings. The molecule has 0 saturated carbocycles. The Bertz CT molecular complexity index is 327. The number of nitrogens with one attached hydrogen (secondary N) is 1. The molecule has 1 atom stereocenters. The maximum atomic E-state index is 13.5. The van der Waals surface area contributed by atoms with E-state index in [0.717, 1.165) is 31.7 Å². The smallest absolute Gasteiger partial charge is 0.146 e. The van der Waals surface area contributed by atoms with Gasteiger partial charge in [-0.15, -0.1) is 0 Å². The summed E-state index contributed by atoms with van der Waals surface area (Å²) in [6.07, 6.45) is 1.10. The number of hydrogen-bond acceptors (Lipinski definition) is 2. The Hall–Kier alpha value is -1.09. The van der Waals surface area contributed by atoms with E-state index < -0.39 is 0 Å². The Labute approximate surface area is 90.1 Å². The molecule has 1 aliphatic rings. The van der Waals surface area contributed by atoms with E-state index in [2.05, 4.69) is 17.1 Å². The topological polar surface area (TPSA) is 15.3 Å². The third-order valence-electron chi connectivity index (χ3n) is 2.87. The first-order chi connectivity index (χ1) is 7.31. The van der Waals surface area contributed by atoms with E-state index in [-0.39, 0.29) is 5.82 Å². The van der Waals surface area contributed by atoms with Gasteiger partial charge in [0.25, 0.3) is 0 Å². The molecule has 2 rings (SSSR count). The van der Waals surface area contributed by atoms with Gasteiger partial charge in [0.2, 0.25) is 0 Å². The summed E-state index contributed by atoms with van der Waals surface area (Å²) in [6, 6.07) is 7.50. The van der Waals surface area contributed by atoms with Crippen molar-refractivity contribution in [2.24, 2.45) is 0 Å². The Balaban J connectivity index is 2.04. The molecule has 0 spiro atoms. The van der Waals surface area contributed by atoms with Crippen LogP contribution in [-0.2, 0) is 0 Å². The van der Waals surface area contributed by atoms with Crippen LogP contribution in [0.1, 0.15) is 13.3 Å². The molecule has 2 nitrogen and oxygen atoms in total. The summed E-state index contributed by atoms with van der Waals surface area (Å²) in [5, 5.41) is 3.40. The van der Waals surface area contributed by atoms with Crippen molar-refractivity contribution in [3.63, 3.8) is 0 Å². The Morgan fingerprint density at radius 1 is 1.47 bits per heavy atom. The molecule has 0 aromatic heterocycles. The van der Waals surface area contributed by atoms with Crippen LogP contribution in [0.2, 0.25) is 0 Å². The van der Waals surface area contributed by atoms with Crippen molar-refractivity contribution >= 4 is 5.69 Å². The Morgan fingerprint density at radius 2 is 2.27 bits per heavy atom. The Morgan fingerprint density at radius 3 is 3.00 bits per heavy atom. The van der Waals surface area contributed by atoms with Crippen LogP contribution in [0.4, 0.5) is 10.1 Å². The second kappa shape index (κ2) is 4.62. The molecule has 1 unspecified atom stereocenters. The number of benzene rings is 1. The lowest BCUT2D eigenvalue weighted by Crippen LogP contribution is -2.32. The molecule has 3 heteroatoms. The van der Waals surface area contributed by atoms with E-state index >= 15 is 0 Å². The first-order valence-electron chi connectivity index (χ1n) is 5.54. The molecule has 0 bridgehead atoms. The fourth-order valence-corrected chi connectivity index (χ4v) is 2.14. The van der Waals surface area contributed by atoms with Gasteiger partial charge < -0.3 is 10.2 Å². The molecule has 0 radical (unpaired) electrons. The second-order valence-corrected chi connectivity index (χ2v) is 3.94. The minimum Gasteiger partial charge on any atom is -0.368 e. The number of hydrogen-bond donors (Lipinski definition) is 1.